The summed E-state index contributed by atoms with van der Waals surface area (Å²) in [7, 11) is 0. The molecule has 2 aliphatic rings. The average molecular weight is 462 g/mol. The minimum Gasteiger partial charge on any atom is -0.508 e. The summed E-state index contributed by atoms with van der Waals surface area (Å²) >= 11 is 0. The summed E-state index contributed by atoms with van der Waals surface area (Å²) < 4.78 is 20.9. The zero-order valence-corrected chi connectivity index (χ0v) is 19.7. The van der Waals surface area contributed by atoms with Crippen LogP contribution in [0, 0.1) is 11.7 Å². The zero-order chi connectivity index (χ0) is 23.8. The second-order valence-electron chi connectivity index (χ2n) is 9.96. The first-order chi connectivity index (χ1) is 16.4. The highest BCUT2D eigenvalue weighted by atomic mass is 19.1. The number of aromatic hydroxyl groups is 2. The second kappa shape index (κ2) is 9.30. The molecule has 0 saturated carbocycles. The van der Waals surface area contributed by atoms with Gasteiger partial charge in [-0.3, -0.25) is 4.90 Å². The summed E-state index contributed by atoms with van der Waals surface area (Å²) in [6, 6.07) is 18.9. The van der Waals surface area contributed by atoms with Crippen molar-refractivity contribution in [3.8, 4) is 17.2 Å². The Morgan fingerprint density at radius 3 is 2.38 bits per heavy atom. The predicted molar refractivity (Wildman–Crippen MR) is 131 cm³/mol. The van der Waals surface area contributed by atoms with Crippen LogP contribution in [0.2, 0.25) is 0 Å². The van der Waals surface area contributed by atoms with Gasteiger partial charge in [-0.15, -0.1) is 0 Å². The van der Waals surface area contributed by atoms with E-state index >= 15 is 0 Å². The summed E-state index contributed by atoms with van der Waals surface area (Å²) in [4.78, 5) is 2.49. The molecule has 5 heteroatoms. The van der Waals surface area contributed by atoms with Gasteiger partial charge in [0.05, 0.1) is 0 Å². The van der Waals surface area contributed by atoms with Gasteiger partial charge in [0, 0.05) is 18.5 Å². The molecule has 178 valence electrons. The van der Waals surface area contributed by atoms with Gasteiger partial charge in [-0.2, -0.15) is 0 Å². The van der Waals surface area contributed by atoms with Gasteiger partial charge in [0.2, 0.25) is 0 Å². The fourth-order valence-corrected chi connectivity index (χ4v) is 5.58. The monoisotopic (exact) mass is 461 g/mol. The first kappa shape index (κ1) is 22.7. The van der Waals surface area contributed by atoms with Gasteiger partial charge in [-0.1, -0.05) is 37.3 Å². The van der Waals surface area contributed by atoms with Crippen LogP contribution in [0.25, 0.3) is 0 Å². The van der Waals surface area contributed by atoms with Gasteiger partial charge >= 0.3 is 0 Å². The quantitative estimate of drug-likeness (QED) is 0.486. The van der Waals surface area contributed by atoms with Crippen LogP contribution >= 0.6 is 0 Å². The number of phenolic OH excluding ortho intramolecular Hbond substituents is 2. The molecule has 2 unspecified atom stereocenters. The average Bonchev–Trinajstić information content (AvgIpc) is 3.45. The highest BCUT2D eigenvalue weighted by Gasteiger charge is 2.37. The van der Waals surface area contributed by atoms with Crippen LogP contribution in [0.3, 0.4) is 0 Å². The van der Waals surface area contributed by atoms with Crippen molar-refractivity contribution in [3.05, 3.63) is 88.7 Å². The molecule has 34 heavy (non-hydrogen) atoms. The third-order valence-corrected chi connectivity index (χ3v) is 7.55. The first-order valence-electron chi connectivity index (χ1n) is 12.2. The molecule has 1 aliphatic carbocycles. The largest absolute Gasteiger partial charge is 0.508 e. The molecule has 5 rings (SSSR count). The van der Waals surface area contributed by atoms with Gasteiger partial charge in [0.1, 0.15) is 18.1 Å². The normalized spacial score (nSPS) is 23.1. The van der Waals surface area contributed by atoms with Gasteiger partial charge in [0.15, 0.2) is 11.6 Å². The minimum absolute atomic E-state index is 0.0100. The topological polar surface area (TPSA) is 52.9 Å². The molecule has 1 heterocycles. The van der Waals surface area contributed by atoms with Crippen molar-refractivity contribution < 1.29 is 19.3 Å². The number of ether oxygens (including phenoxy) is 1. The summed E-state index contributed by atoms with van der Waals surface area (Å²) in [5.41, 5.74) is 3.58. The number of likely N-dealkylation sites (tertiary alicyclic amines) is 1. The molecule has 0 radical (unpaired) electrons. The maximum Gasteiger partial charge on any atom is 0.168 e. The molecule has 3 aromatic rings. The standard InChI is InChI=1S/C29H32FNO3/c1-18-13-14-31(16-18)19(2)17-34-23-9-5-21(6-10-23)28-24-11-12-27(33)29(30)26(24)15-25(28)20-3-7-22(32)8-4-20/h3-12,18-19,25,28,32-33H,13-17H2,1-2H3/t18-,19+,25?,28?/m1/s1. The lowest BCUT2D eigenvalue weighted by Crippen LogP contribution is -2.35. The Labute approximate surface area is 200 Å². The molecule has 0 spiro atoms. The Morgan fingerprint density at radius 1 is 1.00 bits per heavy atom. The van der Waals surface area contributed by atoms with Crippen LogP contribution in [-0.4, -0.2) is 40.9 Å². The number of rotatable bonds is 6. The highest BCUT2D eigenvalue weighted by molar-refractivity contribution is 5.52. The molecular weight excluding hydrogens is 429 g/mol. The lowest BCUT2D eigenvalue weighted by molar-refractivity contribution is 0.169. The summed E-state index contributed by atoms with van der Waals surface area (Å²) in [5.74, 6) is 0.912. The summed E-state index contributed by atoms with van der Waals surface area (Å²) in [5, 5.41) is 19.7. The van der Waals surface area contributed by atoms with Gasteiger partial charge < -0.3 is 14.9 Å². The van der Waals surface area contributed by atoms with E-state index in [1.807, 2.05) is 30.3 Å². The van der Waals surface area contributed by atoms with Crippen LogP contribution in [0.4, 0.5) is 4.39 Å². The minimum atomic E-state index is -0.533. The fraction of sp³-hybridized carbons (Fsp3) is 0.379. The van der Waals surface area contributed by atoms with Gasteiger partial charge in [0.25, 0.3) is 0 Å². The van der Waals surface area contributed by atoms with E-state index in [0.717, 1.165) is 41.4 Å². The highest BCUT2D eigenvalue weighted by Crippen LogP contribution is 2.50. The van der Waals surface area contributed by atoms with Crippen LogP contribution in [-0.2, 0) is 6.42 Å². The molecule has 1 fully saturated rings. The number of hydrogen-bond donors (Lipinski definition) is 2. The molecule has 4 nitrogen and oxygen atoms in total. The van der Waals surface area contributed by atoms with E-state index < -0.39 is 5.82 Å². The molecule has 2 N–H and O–H groups in total. The van der Waals surface area contributed by atoms with Crippen LogP contribution in [0.1, 0.15) is 54.4 Å². The number of hydrogen-bond acceptors (Lipinski definition) is 4. The van der Waals surface area contributed by atoms with Crippen LogP contribution in [0.15, 0.2) is 60.7 Å². The molecule has 0 amide bonds. The van der Waals surface area contributed by atoms with E-state index in [-0.39, 0.29) is 23.3 Å². The Morgan fingerprint density at radius 2 is 1.71 bits per heavy atom. The first-order valence-corrected chi connectivity index (χ1v) is 12.2. The molecule has 1 saturated heterocycles. The second-order valence-corrected chi connectivity index (χ2v) is 9.96. The van der Waals surface area contributed by atoms with Crippen molar-refractivity contribution in [2.75, 3.05) is 19.7 Å². The smallest absolute Gasteiger partial charge is 0.168 e. The third-order valence-electron chi connectivity index (χ3n) is 7.55. The van der Waals surface area contributed by atoms with Crippen LogP contribution in [0.5, 0.6) is 17.2 Å². The Kier molecular flexibility index (Phi) is 6.22. The number of nitrogens with zero attached hydrogens (tertiary/aromatic N) is 1. The van der Waals surface area contributed by atoms with Crippen molar-refractivity contribution in [3.63, 3.8) is 0 Å². The lowest BCUT2D eigenvalue weighted by Gasteiger charge is -2.24. The number of halogens is 1. The maximum atomic E-state index is 14.8. The molecule has 0 aromatic heterocycles. The van der Waals surface area contributed by atoms with E-state index in [9.17, 15) is 14.6 Å². The van der Waals surface area contributed by atoms with E-state index in [1.54, 1.807) is 12.1 Å². The van der Waals surface area contributed by atoms with Crippen molar-refractivity contribution in [1.29, 1.82) is 0 Å². The summed E-state index contributed by atoms with van der Waals surface area (Å²) in [6.45, 7) is 7.44. The zero-order valence-electron chi connectivity index (χ0n) is 19.7. The Bertz CT molecular complexity index is 1150. The third kappa shape index (κ3) is 4.37. The Balaban J connectivity index is 1.38. The van der Waals surface area contributed by atoms with Crippen LogP contribution < -0.4 is 4.74 Å². The van der Waals surface area contributed by atoms with Crippen molar-refractivity contribution >= 4 is 0 Å². The van der Waals surface area contributed by atoms with Crippen molar-refractivity contribution in [2.24, 2.45) is 5.92 Å². The van der Waals surface area contributed by atoms with Crippen molar-refractivity contribution in [2.45, 2.75) is 44.6 Å². The van der Waals surface area contributed by atoms with Gasteiger partial charge in [-0.25, -0.2) is 4.39 Å². The fourth-order valence-electron chi connectivity index (χ4n) is 5.58. The van der Waals surface area contributed by atoms with Gasteiger partial charge in [-0.05, 0) is 90.7 Å². The molecular formula is C29H32FNO3. The number of fused-ring (bicyclic) bond motifs is 1. The Hall–Kier alpha value is -3.05. The predicted octanol–water partition coefficient (Wildman–Crippen LogP) is 5.82. The molecule has 3 aromatic carbocycles. The molecule has 1 aliphatic heterocycles. The number of benzene rings is 3. The SMILES string of the molecule is C[C@@H]1CCN([C@@H](C)COc2ccc(C3c4ccc(O)c(F)c4CC3c3ccc(O)cc3)cc2)C1. The van der Waals surface area contributed by atoms with E-state index in [0.29, 0.717) is 24.6 Å². The van der Waals surface area contributed by atoms with E-state index in [2.05, 4.69) is 30.9 Å². The van der Waals surface area contributed by atoms with E-state index in [4.69, 9.17) is 4.74 Å². The summed E-state index contributed by atoms with van der Waals surface area (Å²) in [6.07, 6.45) is 1.75. The lowest BCUT2D eigenvalue weighted by atomic mass is 9.82. The maximum absolute atomic E-state index is 14.8. The van der Waals surface area contributed by atoms with E-state index in [1.165, 1.54) is 12.5 Å². The molecule has 0 bridgehead atoms. The van der Waals surface area contributed by atoms with Crippen molar-refractivity contribution in [1.82, 2.24) is 4.90 Å². The number of phenols is 2. The molecule has 4 atom stereocenters.